The fraction of sp³-hybridized carbons (Fsp3) is 0.304. The van der Waals surface area contributed by atoms with Crippen molar-refractivity contribution in [2.24, 2.45) is 0 Å². The van der Waals surface area contributed by atoms with E-state index in [9.17, 15) is 9.90 Å². The number of rotatable bonds is 5. The molecule has 3 aromatic rings. The summed E-state index contributed by atoms with van der Waals surface area (Å²) in [5.74, 6) is 0.982. The molecule has 6 nitrogen and oxygen atoms in total. The summed E-state index contributed by atoms with van der Waals surface area (Å²) in [7, 11) is 0. The average Bonchev–Trinajstić information content (AvgIpc) is 3.11. The van der Waals surface area contributed by atoms with Gasteiger partial charge >= 0.3 is 0 Å². The van der Waals surface area contributed by atoms with Gasteiger partial charge in [-0.25, -0.2) is 0 Å². The molecule has 0 aliphatic heterocycles. The van der Waals surface area contributed by atoms with Crippen molar-refractivity contribution in [3.05, 3.63) is 64.4 Å². The predicted octanol–water partition coefficient (Wildman–Crippen LogP) is 3.30. The van der Waals surface area contributed by atoms with Gasteiger partial charge in [0.05, 0.1) is 23.3 Å². The van der Waals surface area contributed by atoms with Gasteiger partial charge in [0.25, 0.3) is 0 Å². The number of carbonyl (C=O) groups is 1. The van der Waals surface area contributed by atoms with E-state index in [4.69, 9.17) is 19.5 Å². The Bertz CT molecular complexity index is 1150. The number of benzene rings is 2. The maximum atomic E-state index is 13.3. The first-order valence-corrected chi connectivity index (χ1v) is 9.45. The van der Waals surface area contributed by atoms with E-state index in [2.05, 4.69) is 6.07 Å². The van der Waals surface area contributed by atoms with Crippen molar-refractivity contribution >= 4 is 16.8 Å². The number of carbonyl (C=O) groups excluding carboxylic acids is 1. The van der Waals surface area contributed by atoms with E-state index >= 15 is 0 Å². The number of aliphatic hydroxyl groups excluding tert-OH is 2. The molecule has 1 aromatic heterocycles. The number of nitrogens with zero attached hydrogens (tertiary/aromatic N) is 1. The summed E-state index contributed by atoms with van der Waals surface area (Å²) in [5.41, 5.74) is 2.30. The van der Waals surface area contributed by atoms with Crippen LogP contribution in [0.2, 0.25) is 0 Å². The van der Waals surface area contributed by atoms with Crippen LogP contribution >= 0.6 is 0 Å². The molecule has 0 amide bonds. The standard InChI is InChI=1S/C23H21NO5/c1-23(2)18-10-15(28-12-14(26)7-8-25)4-6-16(18)21(27)20-17-5-3-13(11-24)9-19(17)29-22(20)23/h3-6,9-10,14,25-26H,7-8,12H2,1-2H3. The van der Waals surface area contributed by atoms with Gasteiger partial charge in [-0.3, -0.25) is 4.79 Å². The molecule has 29 heavy (non-hydrogen) atoms. The number of ketones is 1. The molecule has 2 N–H and O–H groups in total. The highest BCUT2D eigenvalue weighted by atomic mass is 16.5. The maximum Gasteiger partial charge on any atom is 0.197 e. The molecule has 0 saturated heterocycles. The van der Waals surface area contributed by atoms with Gasteiger partial charge in [-0.1, -0.05) is 0 Å². The summed E-state index contributed by atoms with van der Waals surface area (Å²) in [6.07, 6.45) is -0.524. The SMILES string of the molecule is CC1(C)c2cc(OCC(O)CCO)ccc2C(=O)c2c1oc1cc(C#N)ccc21. The zero-order valence-electron chi connectivity index (χ0n) is 16.2. The molecule has 1 unspecified atom stereocenters. The van der Waals surface area contributed by atoms with Gasteiger partial charge in [-0.15, -0.1) is 0 Å². The van der Waals surface area contributed by atoms with Gasteiger partial charge < -0.3 is 19.4 Å². The van der Waals surface area contributed by atoms with Gasteiger partial charge in [-0.2, -0.15) is 5.26 Å². The van der Waals surface area contributed by atoms with Crippen LogP contribution in [0.1, 0.15) is 53.1 Å². The highest BCUT2D eigenvalue weighted by molar-refractivity contribution is 6.19. The highest BCUT2D eigenvalue weighted by Gasteiger charge is 2.41. The van der Waals surface area contributed by atoms with Crippen molar-refractivity contribution in [1.29, 1.82) is 5.26 Å². The molecule has 2 aromatic carbocycles. The molecule has 0 bridgehead atoms. The van der Waals surface area contributed by atoms with Crippen LogP contribution in [0.3, 0.4) is 0 Å². The molecular formula is C23H21NO5. The van der Waals surface area contributed by atoms with Gasteiger partial charge in [0.2, 0.25) is 0 Å². The Balaban J connectivity index is 1.77. The lowest BCUT2D eigenvalue weighted by molar-refractivity contribution is 0.0820. The number of hydrogen-bond donors (Lipinski definition) is 2. The number of hydrogen-bond acceptors (Lipinski definition) is 6. The van der Waals surface area contributed by atoms with E-state index in [0.717, 1.165) is 5.56 Å². The van der Waals surface area contributed by atoms with Crippen molar-refractivity contribution in [1.82, 2.24) is 0 Å². The predicted molar refractivity (Wildman–Crippen MR) is 106 cm³/mol. The molecular weight excluding hydrogens is 370 g/mol. The van der Waals surface area contributed by atoms with Crippen LogP contribution in [0.15, 0.2) is 40.8 Å². The molecule has 0 fully saturated rings. The summed E-state index contributed by atoms with van der Waals surface area (Å²) in [5, 5.41) is 28.5. The molecule has 0 spiro atoms. The van der Waals surface area contributed by atoms with Crippen LogP contribution < -0.4 is 4.74 Å². The first kappa shape index (κ1) is 19.2. The summed E-state index contributed by atoms with van der Waals surface area (Å²) in [4.78, 5) is 13.3. The Hall–Kier alpha value is -3.14. The largest absolute Gasteiger partial charge is 0.491 e. The lowest BCUT2D eigenvalue weighted by Crippen LogP contribution is -2.29. The minimum Gasteiger partial charge on any atom is -0.491 e. The molecule has 4 rings (SSSR count). The third-order valence-corrected chi connectivity index (χ3v) is 5.43. The van der Waals surface area contributed by atoms with Crippen molar-refractivity contribution in [3.8, 4) is 11.8 Å². The van der Waals surface area contributed by atoms with Crippen molar-refractivity contribution < 1.29 is 24.2 Å². The number of nitriles is 1. The van der Waals surface area contributed by atoms with Crippen LogP contribution in [0.5, 0.6) is 5.75 Å². The molecule has 6 heteroatoms. The zero-order valence-corrected chi connectivity index (χ0v) is 16.2. The van der Waals surface area contributed by atoms with Crippen molar-refractivity contribution in [3.63, 3.8) is 0 Å². The molecule has 1 aliphatic carbocycles. The second kappa shape index (κ2) is 7.03. The van der Waals surface area contributed by atoms with E-state index in [0.29, 0.717) is 39.2 Å². The summed E-state index contributed by atoms with van der Waals surface area (Å²) < 4.78 is 11.7. The Labute approximate surface area is 167 Å². The van der Waals surface area contributed by atoms with Crippen LogP contribution in [0.4, 0.5) is 0 Å². The van der Waals surface area contributed by atoms with Gasteiger partial charge in [0.15, 0.2) is 5.78 Å². The Morgan fingerprint density at radius 3 is 2.76 bits per heavy atom. The zero-order chi connectivity index (χ0) is 20.8. The summed E-state index contributed by atoms with van der Waals surface area (Å²) in [6, 6.07) is 12.4. The third kappa shape index (κ3) is 3.09. The summed E-state index contributed by atoms with van der Waals surface area (Å²) >= 11 is 0. The normalized spacial score (nSPS) is 15.5. The van der Waals surface area contributed by atoms with Gasteiger partial charge in [0, 0.05) is 23.0 Å². The number of aliphatic hydroxyl groups is 2. The summed E-state index contributed by atoms with van der Waals surface area (Å²) in [6.45, 7) is 3.91. The number of ether oxygens (including phenoxy) is 1. The maximum absolute atomic E-state index is 13.3. The van der Waals surface area contributed by atoms with Gasteiger partial charge in [-0.05, 0) is 62.2 Å². The molecule has 148 valence electrons. The minimum absolute atomic E-state index is 0.0561. The van der Waals surface area contributed by atoms with E-state index in [-0.39, 0.29) is 25.4 Å². The fourth-order valence-electron chi connectivity index (χ4n) is 3.84. The van der Waals surface area contributed by atoms with Crippen LogP contribution in [0.25, 0.3) is 11.0 Å². The molecule has 0 saturated carbocycles. The highest BCUT2D eigenvalue weighted by Crippen LogP contribution is 2.46. The third-order valence-electron chi connectivity index (χ3n) is 5.43. The van der Waals surface area contributed by atoms with E-state index < -0.39 is 11.5 Å². The monoisotopic (exact) mass is 391 g/mol. The first-order chi connectivity index (χ1) is 13.9. The lowest BCUT2D eigenvalue weighted by atomic mass is 9.71. The van der Waals surface area contributed by atoms with Crippen LogP contribution in [0, 0.1) is 11.3 Å². The Morgan fingerprint density at radius 1 is 1.24 bits per heavy atom. The number of fused-ring (bicyclic) bond motifs is 4. The quantitative estimate of drug-likeness (QED) is 0.692. The van der Waals surface area contributed by atoms with E-state index in [1.165, 1.54) is 0 Å². The van der Waals surface area contributed by atoms with E-state index in [1.807, 2.05) is 13.8 Å². The average molecular weight is 391 g/mol. The Kier molecular flexibility index (Phi) is 4.65. The van der Waals surface area contributed by atoms with Crippen LogP contribution in [-0.4, -0.2) is 35.3 Å². The fourth-order valence-corrected chi connectivity index (χ4v) is 3.84. The first-order valence-electron chi connectivity index (χ1n) is 9.45. The molecule has 1 aliphatic rings. The van der Waals surface area contributed by atoms with E-state index in [1.54, 1.807) is 36.4 Å². The topological polar surface area (TPSA) is 104 Å². The van der Waals surface area contributed by atoms with Crippen LogP contribution in [-0.2, 0) is 5.41 Å². The Morgan fingerprint density at radius 2 is 2.03 bits per heavy atom. The molecule has 1 heterocycles. The molecule has 0 radical (unpaired) electrons. The van der Waals surface area contributed by atoms with Crippen molar-refractivity contribution in [2.75, 3.05) is 13.2 Å². The van der Waals surface area contributed by atoms with Crippen molar-refractivity contribution in [2.45, 2.75) is 31.8 Å². The molecule has 1 atom stereocenters. The lowest BCUT2D eigenvalue weighted by Gasteiger charge is -2.31. The second-order valence-corrected chi connectivity index (χ2v) is 7.77. The minimum atomic E-state index is -0.762. The smallest absolute Gasteiger partial charge is 0.197 e. The second-order valence-electron chi connectivity index (χ2n) is 7.77. The number of furan rings is 1. The van der Waals surface area contributed by atoms with Gasteiger partial charge in [0.1, 0.15) is 23.7 Å².